The molecule has 1 amide bonds. The van der Waals surface area contributed by atoms with Crippen LogP contribution in [-0.4, -0.2) is 23.0 Å². The molecule has 19 heavy (non-hydrogen) atoms. The highest BCUT2D eigenvalue weighted by Crippen LogP contribution is 2.33. The Bertz CT molecular complexity index is 494. The molecule has 2 N–H and O–H groups in total. The predicted octanol–water partition coefficient (Wildman–Crippen LogP) is 1.95. The first-order chi connectivity index (χ1) is 8.95. The predicted molar refractivity (Wildman–Crippen MR) is 62.6 cm³/mol. The molecule has 0 unspecified atom stereocenters. The van der Waals surface area contributed by atoms with Crippen LogP contribution in [0, 0.1) is 17.6 Å². The number of halogens is 2. The van der Waals surface area contributed by atoms with Crippen molar-refractivity contribution in [3.63, 3.8) is 0 Å². The smallest absolute Gasteiger partial charge is 0.326 e. The van der Waals surface area contributed by atoms with E-state index < -0.39 is 29.6 Å². The molecule has 0 aromatic heterocycles. The van der Waals surface area contributed by atoms with Gasteiger partial charge in [-0.05, 0) is 24.5 Å². The topological polar surface area (TPSA) is 66.4 Å². The average Bonchev–Trinajstić information content (AvgIpc) is 3.10. The molecule has 0 spiro atoms. The second-order valence-electron chi connectivity index (χ2n) is 4.70. The molecular formula is C13H13F2NO3. The van der Waals surface area contributed by atoms with Crippen LogP contribution < -0.4 is 5.32 Å². The summed E-state index contributed by atoms with van der Waals surface area (Å²) < 4.78 is 25.9. The maximum absolute atomic E-state index is 13.0. The number of hydrogen-bond donors (Lipinski definition) is 2. The monoisotopic (exact) mass is 269 g/mol. The standard InChI is InChI=1S/C13H13F2NO3/c14-9-4-8(5-10(15)6-9)12(17)16-11(13(18)19)3-7-1-2-7/h4-7,11H,1-3H2,(H,16,17)(H,18,19)/t11-/m1/s1. The van der Waals surface area contributed by atoms with Crippen LogP contribution in [0.25, 0.3) is 0 Å². The van der Waals surface area contributed by atoms with Crippen molar-refractivity contribution in [2.75, 3.05) is 0 Å². The number of amides is 1. The van der Waals surface area contributed by atoms with Gasteiger partial charge in [-0.1, -0.05) is 12.8 Å². The third kappa shape index (κ3) is 3.74. The number of benzene rings is 1. The van der Waals surface area contributed by atoms with E-state index in [1.807, 2.05) is 0 Å². The summed E-state index contributed by atoms with van der Waals surface area (Å²) in [5, 5.41) is 11.3. The molecule has 1 saturated carbocycles. The number of nitrogens with one attached hydrogen (secondary N) is 1. The van der Waals surface area contributed by atoms with E-state index in [0.29, 0.717) is 18.4 Å². The fraction of sp³-hybridized carbons (Fsp3) is 0.385. The van der Waals surface area contributed by atoms with Crippen LogP contribution >= 0.6 is 0 Å². The van der Waals surface area contributed by atoms with E-state index in [1.165, 1.54) is 0 Å². The highest BCUT2D eigenvalue weighted by Gasteiger charge is 2.30. The lowest BCUT2D eigenvalue weighted by Gasteiger charge is -2.14. The molecule has 6 heteroatoms. The third-order valence-electron chi connectivity index (χ3n) is 2.99. The summed E-state index contributed by atoms with van der Waals surface area (Å²) in [6.45, 7) is 0. The fourth-order valence-corrected chi connectivity index (χ4v) is 1.83. The minimum atomic E-state index is -1.14. The Balaban J connectivity index is 2.07. The van der Waals surface area contributed by atoms with Gasteiger partial charge in [-0.25, -0.2) is 13.6 Å². The SMILES string of the molecule is O=C(N[C@H](CC1CC1)C(=O)O)c1cc(F)cc(F)c1. The first-order valence-corrected chi connectivity index (χ1v) is 5.95. The lowest BCUT2D eigenvalue weighted by molar-refractivity contribution is -0.139. The second kappa shape index (κ2) is 5.34. The van der Waals surface area contributed by atoms with Gasteiger partial charge in [-0.2, -0.15) is 0 Å². The molecule has 1 aliphatic carbocycles. The maximum Gasteiger partial charge on any atom is 0.326 e. The van der Waals surface area contributed by atoms with Crippen LogP contribution in [0.1, 0.15) is 29.6 Å². The maximum atomic E-state index is 13.0. The van der Waals surface area contributed by atoms with Gasteiger partial charge in [0.15, 0.2) is 0 Å². The van der Waals surface area contributed by atoms with Crippen molar-refractivity contribution in [3.05, 3.63) is 35.4 Å². The number of carboxylic acid groups (broad SMARTS) is 1. The van der Waals surface area contributed by atoms with Gasteiger partial charge in [0.2, 0.25) is 0 Å². The summed E-state index contributed by atoms with van der Waals surface area (Å²) in [5.74, 6) is -3.37. The van der Waals surface area contributed by atoms with Gasteiger partial charge in [0, 0.05) is 11.6 Å². The first kappa shape index (κ1) is 13.5. The molecule has 1 fully saturated rings. The molecule has 1 aliphatic rings. The number of hydrogen-bond acceptors (Lipinski definition) is 2. The summed E-state index contributed by atoms with van der Waals surface area (Å²) in [5.41, 5.74) is -0.223. The molecule has 102 valence electrons. The van der Waals surface area contributed by atoms with Gasteiger partial charge in [-0.15, -0.1) is 0 Å². The zero-order chi connectivity index (χ0) is 14.0. The van der Waals surface area contributed by atoms with Crippen LogP contribution in [-0.2, 0) is 4.79 Å². The van der Waals surface area contributed by atoms with Gasteiger partial charge in [0.1, 0.15) is 17.7 Å². The minimum Gasteiger partial charge on any atom is -0.480 e. The number of rotatable bonds is 5. The largest absolute Gasteiger partial charge is 0.480 e. The van der Waals surface area contributed by atoms with E-state index in [1.54, 1.807) is 0 Å². The summed E-state index contributed by atoms with van der Waals surface area (Å²) in [7, 11) is 0. The molecule has 0 radical (unpaired) electrons. The molecular weight excluding hydrogens is 256 g/mol. The molecule has 1 aromatic rings. The van der Waals surface area contributed by atoms with Crippen LogP contribution in [0.4, 0.5) is 8.78 Å². The Hall–Kier alpha value is -1.98. The summed E-state index contributed by atoms with van der Waals surface area (Å²) in [6, 6.07) is 1.37. The van der Waals surface area contributed by atoms with E-state index in [4.69, 9.17) is 5.11 Å². The van der Waals surface area contributed by atoms with E-state index in [2.05, 4.69) is 5.32 Å². The quantitative estimate of drug-likeness (QED) is 0.858. The minimum absolute atomic E-state index is 0.223. The van der Waals surface area contributed by atoms with Crippen molar-refractivity contribution in [3.8, 4) is 0 Å². The summed E-state index contributed by atoms with van der Waals surface area (Å²) in [6.07, 6.45) is 2.25. The molecule has 1 atom stereocenters. The van der Waals surface area contributed by atoms with Crippen LogP contribution in [0.15, 0.2) is 18.2 Å². The lowest BCUT2D eigenvalue weighted by atomic mass is 10.1. The van der Waals surface area contributed by atoms with Crippen molar-refractivity contribution in [1.82, 2.24) is 5.32 Å². The number of aliphatic carboxylic acids is 1. The third-order valence-corrected chi connectivity index (χ3v) is 2.99. The van der Waals surface area contributed by atoms with Gasteiger partial charge < -0.3 is 10.4 Å². The van der Waals surface area contributed by atoms with Crippen molar-refractivity contribution in [1.29, 1.82) is 0 Å². The van der Waals surface area contributed by atoms with Crippen LogP contribution in [0.5, 0.6) is 0 Å². The van der Waals surface area contributed by atoms with Gasteiger partial charge >= 0.3 is 5.97 Å². The van der Waals surface area contributed by atoms with Gasteiger partial charge in [0.25, 0.3) is 5.91 Å². The molecule has 0 heterocycles. The highest BCUT2D eigenvalue weighted by molar-refractivity contribution is 5.96. The lowest BCUT2D eigenvalue weighted by Crippen LogP contribution is -2.41. The Morgan fingerprint density at radius 1 is 1.26 bits per heavy atom. The van der Waals surface area contributed by atoms with E-state index >= 15 is 0 Å². The van der Waals surface area contributed by atoms with Gasteiger partial charge in [-0.3, -0.25) is 4.79 Å². The van der Waals surface area contributed by atoms with E-state index in [9.17, 15) is 18.4 Å². The Morgan fingerprint density at radius 3 is 2.32 bits per heavy atom. The number of carboxylic acids is 1. The molecule has 4 nitrogen and oxygen atoms in total. The van der Waals surface area contributed by atoms with Crippen molar-refractivity contribution < 1.29 is 23.5 Å². The molecule has 0 saturated heterocycles. The van der Waals surface area contributed by atoms with Crippen LogP contribution in [0.2, 0.25) is 0 Å². The Morgan fingerprint density at radius 2 is 1.84 bits per heavy atom. The van der Waals surface area contributed by atoms with Crippen LogP contribution in [0.3, 0.4) is 0 Å². The van der Waals surface area contributed by atoms with Crippen molar-refractivity contribution in [2.24, 2.45) is 5.92 Å². The Kier molecular flexibility index (Phi) is 3.78. The normalized spacial score (nSPS) is 15.9. The molecule has 0 aliphatic heterocycles. The number of carbonyl (C=O) groups is 2. The second-order valence-corrected chi connectivity index (χ2v) is 4.70. The highest BCUT2D eigenvalue weighted by atomic mass is 19.1. The summed E-state index contributed by atoms with van der Waals surface area (Å²) in [4.78, 5) is 22.8. The Labute approximate surface area is 108 Å². The molecule has 1 aromatic carbocycles. The fourth-order valence-electron chi connectivity index (χ4n) is 1.83. The molecule has 0 bridgehead atoms. The van der Waals surface area contributed by atoms with E-state index in [0.717, 1.165) is 25.0 Å². The van der Waals surface area contributed by atoms with Crippen molar-refractivity contribution >= 4 is 11.9 Å². The zero-order valence-electron chi connectivity index (χ0n) is 10.0. The van der Waals surface area contributed by atoms with Crippen molar-refractivity contribution in [2.45, 2.75) is 25.3 Å². The molecule has 2 rings (SSSR count). The summed E-state index contributed by atoms with van der Waals surface area (Å²) >= 11 is 0. The number of carbonyl (C=O) groups excluding carboxylic acids is 1. The van der Waals surface area contributed by atoms with E-state index in [-0.39, 0.29) is 5.56 Å². The first-order valence-electron chi connectivity index (χ1n) is 5.95. The van der Waals surface area contributed by atoms with Gasteiger partial charge in [0.05, 0.1) is 0 Å². The zero-order valence-corrected chi connectivity index (χ0v) is 10.0. The average molecular weight is 269 g/mol.